The summed E-state index contributed by atoms with van der Waals surface area (Å²) in [6.07, 6.45) is -0.396. The fourth-order valence-corrected chi connectivity index (χ4v) is 1.87. The molecule has 0 aromatic carbocycles. The fourth-order valence-electron chi connectivity index (χ4n) is 1.87. The molecular weight excluding hydrogens is 216 g/mol. The molecule has 16 heavy (non-hydrogen) atoms. The van der Waals surface area contributed by atoms with Gasteiger partial charge in [0.05, 0.1) is 13.1 Å². The number of hydrogen-bond acceptors (Lipinski definition) is 3. The van der Waals surface area contributed by atoms with Crippen LogP contribution in [0.15, 0.2) is 0 Å². The molecule has 0 aromatic rings. The summed E-state index contributed by atoms with van der Waals surface area (Å²) >= 11 is 0. The Morgan fingerprint density at radius 3 is 2.50 bits per heavy atom. The maximum Gasteiger partial charge on any atom is 0.251 e. The Morgan fingerprint density at radius 1 is 1.38 bits per heavy atom. The second kappa shape index (κ2) is 6.75. The number of carbonyl (C=O) groups is 1. The van der Waals surface area contributed by atoms with Gasteiger partial charge in [-0.2, -0.15) is 0 Å². The van der Waals surface area contributed by atoms with Crippen molar-refractivity contribution in [1.82, 2.24) is 9.80 Å². The van der Waals surface area contributed by atoms with Crippen LogP contribution in [0.3, 0.4) is 0 Å². The lowest BCUT2D eigenvalue weighted by Crippen LogP contribution is -2.42. The number of rotatable bonds is 6. The molecule has 4 nitrogen and oxygen atoms in total. The molecule has 1 rings (SSSR count). The molecule has 1 amide bonds. The van der Waals surface area contributed by atoms with Crippen LogP contribution in [0.5, 0.6) is 0 Å². The normalized spacial score (nSPS) is 16.4. The second-order valence-electron chi connectivity index (χ2n) is 4.00. The van der Waals surface area contributed by atoms with Crippen molar-refractivity contribution in [3.8, 4) is 0 Å². The third-order valence-electron chi connectivity index (χ3n) is 2.66. The van der Waals surface area contributed by atoms with Gasteiger partial charge in [-0.3, -0.25) is 9.69 Å². The highest BCUT2D eigenvalue weighted by Gasteiger charge is 2.21. The zero-order valence-electron chi connectivity index (χ0n) is 9.37. The summed E-state index contributed by atoms with van der Waals surface area (Å²) in [5, 5.41) is 0. The van der Waals surface area contributed by atoms with E-state index in [-0.39, 0.29) is 19.0 Å². The van der Waals surface area contributed by atoms with Crippen LogP contribution in [-0.2, 0) is 4.79 Å². The van der Waals surface area contributed by atoms with E-state index in [1.807, 2.05) is 0 Å². The summed E-state index contributed by atoms with van der Waals surface area (Å²) in [6.45, 7) is 1.82. The maximum absolute atomic E-state index is 12.2. The number of alkyl halides is 2. The number of halogens is 2. The lowest BCUT2D eigenvalue weighted by molar-refractivity contribution is -0.131. The van der Waals surface area contributed by atoms with Gasteiger partial charge in [-0.15, -0.1) is 0 Å². The summed E-state index contributed by atoms with van der Waals surface area (Å²) in [4.78, 5) is 14.9. The van der Waals surface area contributed by atoms with Crippen LogP contribution in [-0.4, -0.2) is 61.4 Å². The molecule has 0 atom stereocenters. The van der Waals surface area contributed by atoms with Crippen molar-refractivity contribution in [2.24, 2.45) is 5.73 Å². The number of hydrogen-bond donors (Lipinski definition) is 1. The molecule has 1 saturated heterocycles. The molecule has 0 aromatic heterocycles. The number of amides is 1. The zero-order chi connectivity index (χ0) is 12.0. The molecule has 1 heterocycles. The van der Waals surface area contributed by atoms with E-state index in [2.05, 4.69) is 0 Å². The Morgan fingerprint density at radius 2 is 2.00 bits per heavy atom. The van der Waals surface area contributed by atoms with E-state index in [9.17, 15) is 13.6 Å². The van der Waals surface area contributed by atoms with E-state index < -0.39 is 6.43 Å². The molecule has 0 unspecified atom stereocenters. The molecule has 0 radical (unpaired) electrons. The second-order valence-corrected chi connectivity index (χ2v) is 4.00. The van der Waals surface area contributed by atoms with Crippen molar-refractivity contribution in [2.45, 2.75) is 19.3 Å². The Balaban J connectivity index is 2.36. The first kappa shape index (κ1) is 13.3. The van der Waals surface area contributed by atoms with Gasteiger partial charge in [0.1, 0.15) is 0 Å². The van der Waals surface area contributed by atoms with E-state index in [1.54, 1.807) is 4.90 Å². The molecule has 94 valence electrons. The molecule has 1 aliphatic heterocycles. The van der Waals surface area contributed by atoms with Gasteiger partial charge in [-0.25, -0.2) is 8.78 Å². The van der Waals surface area contributed by atoms with Crippen LogP contribution < -0.4 is 5.73 Å². The minimum Gasteiger partial charge on any atom is -0.342 e. The van der Waals surface area contributed by atoms with Gasteiger partial charge in [0.2, 0.25) is 5.91 Å². The topological polar surface area (TPSA) is 49.6 Å². The van der Waals surface area contributed by atoms with Crippen molar-refractivity contribution >= 4 is 5.91 Å². The number of likely N-dealkylation sites (tertiary alicyclic amines) is 1. The van der Waals surface area contributed by atoms with Crippen molar-refractivity contribution in [2.75, 3.05) is 39.3 Å². The van der Waals surface area contributed by atoms with Crippen molar-refractivity contribution in [3.63, 3.8) is 0 Å². The van der Waals surface area contributed by atoms with Gasteiger partial charge < -0.3 is 10.6 Å². The van der Waals surface area contributed by atoms with Crippen molar-refractivity contribution in [1.29, 1.82) is 0 Å². The molecule has 0 spiro atoms. The Labute approximate surface area is 94.4 Å². The highest BCUT2D eigenvalue weighted by Crippen LogP contribution is 2.08. The third-order valence-corrected chi connectivity index (χ3v) is 2.66. The molecule has 1 fully saturated rings. The van der Waals surface area contributed by atoms with Crippen LogP contribution in [0.4, 0.5) is 8.78 Å². The van der Waals surface area contributed by atoms with E-state index in [4.69, 9.17) is 5.73 Å². The van der Waals surface area contributed by atoms with E-state index >= 15 is 0 Å². The summed E-state index contributed by atoms with van der Waals surface area (Å²) in [5.41, 5.74) is 5.32. The quantitative estimate of drug-likeness (QED) is 0.712. The molecule has 6 heteroatoms. The smallest absolute Gasteiger partial charge is 0.251 e. The standard InChI is InChI=1S/C10H19F2N3O/c11-9(12)7-14(6-3-13)8-10(16)15-4-1-2-5-15/h9H,1-8,13H2. The van der Waals surface area contributed by atoms with Gasteiger partial charge in [0.15, 0.2) is 0 Å². The Bertz CT molecular complexity index is 220. The Kier molecular flexibility index (Phi) is 5.62. The first-order valence-corrected chi connectivity index (χ1v) is 5.62. The predicted molar refractivity (Wildman–Crippen MR) is 57.3 cm³/mol. The Hall–Kier alpha value is -0.750. The summed E-state index contributed by atoms with van der Waals surface area (Å²) in [7, 11) is 0. The van der Waals surface area contributed by atoms with E-state index in [0.717, 1.165) is 25.9 Å². The summed E-state index contributed by atoms with van der Waals surface area (Å²) in [6, 6.07) is 0. The molecule has 0 aliphatic carbocycles. The van der Waals surface area contributed by atoms with Gasteiger partial charge in [-0.05, 0) is 12.8 Å². The fraction of sp³-hybridized carbons (Fsp3) is 0.900. The molecule has 1 aliphatic rings. The van der Waals surface area contributed by atoms with Gasteiger partial charge in [-0.1, -0.05) is 0 Å². The average molecular weight is 235 g/mol. The largest absolute Gasteiger partial charge is 0.342 e. The van der Waals surface area contributed by atoms with Gasteiger partial charge in [0, 0.05) is 26.2 Å². The molecular formula is C10H19F2N3O. The lowest BCUT2D eigenvalue weighted by atomic mass is 10.4. The summed E-state index contributed by atoms with van der Waals surface area (Å²) in [5.74, 6) is -0.0633. The zero-order valence-corrected chi connectivity index (χ0v) is 9.37. The van der Waals surface area contributed by atoms with Crippen LogP contribution in [0.2, 0.25) is 0 Å². The highest BCUT2D eigenvalue weighted by atomic mass is 19.3. The van der Waals surface area contributed by atoms with Crippen LogP contribution >= 0.6 is 0 Å². The van der Waals surface area contributed by atoms with Crippen molar-refractivity contribution in [3.05, 3.63) is 0 Å². The third kappa shape index (κ3) is 4.40. The number of nitrogens with two attached hydrogens (primary N) is 1. The highest BCUT2D eigenvalue weighted by molar-refractivity contribution is 5.78. The first-order valence-electron chi connectivity index (χ1n) is 5.62. The number of carbonyl (C=O) groups excluding carboxylic acids is 1. The van der Waals surface area contributed by atoms with Crippen LogP contribution in [0, 0.1) is 0 Å². The van der Waals surface area contributed by atoms with Gasteiger partial charge in [0.25, 0.3) is 6.43 Å². The SMILES string of the molecule is NCCN(CC(=O)N1CCCC1)CC(F)F. The van der Waals surface area contributed by atoms with E-state index in [0.29, 0.717) is 13.1 Å². The maximum atomic E-state index is 12.2. The molecule has 0 saturated carbocycles. The minimum absolute atomic E-state index is 0.0571. The molecule has 2 N–H and O–H groups in total. The van der Waals surface area contributed by atoms with E-state index in [1.165, 1.54) is 4.90 Å². The van der Waals surface area contributed by atoms with Crippen molar-refractivity contribution < 1.29 is 13.6 Å². The predicted octanol–water partition coefficient (Wildman–Crippen LogP) is 0.135. The summed E-state index contributed by atoms with van der Waals surface area (Å²) < 4.78 is 24.5. The first-order chi connectivity index (χ1) is 7.63. The number of nitrogens with zero attached hydrogens (tertiary/aromatic N) is 2. The lowest BCUT2D eigenvalue weighted by Gasteiger charge is -2.23. The van der Waals surface area contributed by atoms with Crippen LogP contribution in [0.1, 0.15) is 12.8 Å². The van der Waals surface area contributed by atoms with Gasteiger partial charge >= 0.3 is 0 Å². The molecule has 0 bridgehead atoms. The van der Waals surface area contributed by atoms with Crippen LogP contribution in [0.25, 0.3) is 0 Å². The average Bonchev–Trinajstić information content (AvgIpc) is 2.69. The monoisotopic (exact) mass is 235 g/mol. The minimum atomic E-state index is -2.42.